The van der Waals surface area contributed by atoms with Gasteiger partial charge in [-0.25, -0.2) is 4.79 Å². The first-order valence-corrected chi connectivity index (χ1v) is 17.8. The summed E-state index contributed by atoms with van der Waals surface area (Å²) in [6.45, 7) is 10.1. The second-order valence-electron chi connectivity index (χ2n) is 13.0. The summed E-state index contributed by atoms with van der Waals surface area (Å²) in [7, 11) is -4.33. The molecule has 49 heavy (non-hydrogen) atoms. The predicted molar refractivity (Wildman–Crippen MR) is 189 cm³/mol. The summed E-state index contributed by atoms with van der Waals surface area (Å²) in [5.41, 5.74) is 22.7. The first kappa shape index (κ1) is 37.2. The molecule has 1 atom stereocenters. The number of rotatable bonds is 13. The molecule has 4 rings (SSSR count). The SMILES string of the molecule is Cc1c(C)c(S(=O)(=O)N=C(N)N(Cc2ccc(CNC(=O)OCc3ccccc3)cc2)[C@H](CCCN)C(N)=O)c(C)c2c1OC(C)(C)CC2. The van der Waals surface area contributed by atoms with Gasteiger partial charge in [0, 0.05) is 13.1 Å². The molecule has 12 nitrogen and oxygen atoms in total. The highest BCUT2D eigenvalue weighted by molar-refractivity contribution is 7.90. The summed E-state index contributed by atoms with van der Waals surface area (Å²) in [5.74, 6) is -0.336. The fraction of sp³-hybridized carbons (Fsp3) is 0.417. The molecule has 0 saturated carbocycles. The van der Waals surface area contributed by atoms with E-state index in [1.54, 1.807) is 38.1 Å². The van der Waals surface area contributed by atoms with Crippen LogP contribution >= 0.6 is 0 Å². The topological polar surface area (TPSA) is 192 Å². The fourth-order valence-corrected chi connectivity index (χ4v) is 7.47. The maximum Gasteiger partial charge on any atom is 0.407 e. The van der Waals surface area contributed by atoms with Crippen LogP contribution in [0.15, 0.2) is 63.9 Å². The number of alkyl carbamates (subject to hydrolysis) is 1. The maximum atomic E-state index is 14.0. The summed E-state index contributed by atoms with van der Waals surface area (Å²) in [6.07, 6.45) is 1.54. The monoisotopic (exact) mass is 692 g/mol. The third-order valence-corrected chi connectivity index (χ3v) is 10.4. The molecule has 0 radical (unpaired) electrons. The lowest BCUT2D eigenvalue weighted by Gasteiger charge is -2.35. The normalized spacial score (nSPS) is 14.7. The Bertz CT molecular complexity index is 1790. The van der Waals surface area contributed by atoms with Gasteiger partial charge in [-0.05, 0) is 106 Å². The third-order valence-electron chi connectivity index (χ3n) is 8.84. The Labute approximate surface area is 289 Å². The van der Waals surface area contributed by atoms with Gasteiger partial charge in [0.2, 0.25) is 11.9 Å². The summed E-state index contributed by atoms with van der Waals surface area (Å²) < 4.78 is 43.6. The molecule has 0 spiro atoms. The first-order valence-electron chi connectivity index (χ1n) is 16.3. The smallest absolute Gasteiger partial charge is 0.407 e. The molecule has 1 aliphatic heterocycles. The summed E-state index contributed by atoms with van der Waals surface area (Å²) in [4.78, 5) is 26.4. The van der Waals surface area contributed by atoms with E-state index in [-0.39, 0.29) is 42.6 Å². The number of benzene rings is 3. The molecule has 0 saturated heterocycles. The van der Waals surface area contributed by atoms with Crippen molar-refractivity contribution in [2.24, 2.45) is 21.6 Å². The van der Waals surface area contributed by atoms with Gasteiger partial charge in [0.1, 0.15) is 24.0 Å². The van der Waals surface area contributed by atoms with Gasteiger partial charge in [0.05, 0.1) is 4.90 Å². The molecular weight excluding hydrogens is 644 g/mol. The van der Waals surface area contributed by atoms with Gasteiger partial charge in [-0.3, -0.25) is 4.79 Å². The van der Waals surface area contributed by atoms with Crippen LogP contribution in [0.1, 0.15) is 72.1 Å². The number of carbonyl (C=O) groups excluding carboxylic acids is 2. The zero-order chi connectivity index (χ0) is 35.9. The number of hydrogen-bond donors (Lipinski definition) is 4. The van der Waals surface area contributed by atoms with E-state index in [2.05, 4.69) is 9.71 Å². The highest BCUT2D eigenvalue weighted by atomic mass is 32.2. The van der Waals surface area contributed by atoms with Crippen molar-refractivity contribution in [1.82, 2.24) is 10.2 Å². The molecule has 13 heteroatoms. The molecule has 0 unspecified atom stereocenters. The number of nitrogens with zero attached hydrogens (tertiary/aromatic N) is 2. The minimum absolute atomic E-state index is 0.0416. The molecule has 1 aliphatic rings. The molecule has 7 N–H and O–H groups in total. The van der Waals surface area contributed by atoms with Crippen LogP contribution in [0.5, 0.6) is 5.75 Å². The van der Waals surface area contributed by atoms with Crippen LogP contribution in [0.25, 0.3) is 0 Å². The van der Waals surface area contributed by atoms with Gasteiger partial charge >= 0.3 is 6.09 Å². The fourth-order valence-electron chi connectivity index (χ4n) is 5.98. The molecule has 0 bridgehead atoms. The number of amides is 2. The summed E-state index contributed by atoms with van der Waals surface area (Å²) in [5, 5.41) is 2.72. The van der Waals surface area contributed by atoms with E-state index in [1.807, 2.05) is 51.1 Å². The number of primary amides is 1. The van der Waals surface area contributed by atoms with E-state index >= 15 is 0 Å². The van der Waals surface area contributed by atoms with Crippen molar-refractivity contribution >= 4 is 28.0 Å². The number of carbonyl (C=O) groups is 2. The van der Waals surface area contributed by atoms with Crippen LogP contribution in [-0.2, 0) is 45.7 Å². The maximum absolute atomic E-state index is 14.0. The van der Waals surface area contributed by atoms with E-state index in [1.165, 1.54) is 4.90 Å². The van der Waals surface area contributed by atoms with Gasteiger partial charge in [-0.15, -0.1) is 4.40 Å². The Morgan fingerprint density at radius 2 is 1.63 bits per heavy atom. The molecule has 1 heterocycles. The van der Waals surface area contributed by atoms with Crippen molar-refractivity contribution < 1.29 is 27.5 Å². The highest BCUT2D eigenvalue weighted by Gasteiger charge is 2.34. The highest BCUT2D eigenvalue weighted by Crippen LogP contribution is 2.42. The van der Waals surface area contributed by atoms with Gasteiger partial charge < -0.3 is 36.9 Å². The lowest BCUT2D eigenvalue weighted by molar-refractivity contribution is -0.122. The Kier molecular flexibility index (Phi) is 11.9. The van der Waals surface area contributed by atoms with Crippen molar-refractivity contribution in [3.05, 3.63) is 93.5 Å². The van der Waals surface area contributed by atoms with E-state index < -0.39 is 28.1 Å². The summed E-state index contributed by atoms with van der Waals surface area (Å²) in [6, 6.07) is 15.6. The standard InChI is InChI=1S/C36H48N6O6S/c1-23-24(2)32(25(3)29-17-18-36(4,5)48-31(23)29)49(45,46)41-34(39)42(30(33(38)43)12-9-19-37)21-27-15-13-26(14-16-27)20-40-35(44)47-22-28-10-7-6-8-11-28/h6-8,10-11,13-16,30H,9,12,17-22,37H2,1-5H3,(H2,38,43)(H2,39,41)(H,40,44)/t30-/m1/s1. The van der Waals surface area contributed by atoms with Gasteiger partial charge in [-0.1, -0.05) is 54.6 Å². The molecule has 3 aromatic carbocycles. The van der Waals surface area contributed by atoms with Crippen molar-refractivity contribution in [3.8, 4) is 5.75 Å². The predicted octanol–water partition coefficient (Wildman–Crippen LogP) is 4.24. The third kappa shape index (κ3) is 9.30. The largest absolute Gasteiger partial charge is 0.487 e. The van der Waals surface area contributed by atoms with Crippen LogP contribution in [0.3, 0.4) is 0 Å². The molecule has 0 aromatic heterocycles. The molecular formula is C36H48N6O6S. The molecule has 2 amide bonds. The van der Waals surface area contributed by atoms with Crippen LogP contribution in [0, 0.1) is 20.8 Å². The van der Waals surface area contributed by atoms with Crippen LogP contribution in [-0.4, -0.2) is 49.5 Å². The van der Waals surface area contributed by atoms with Crippen LogP contribution in [0.2, 0.25) is 0 Å². The van der Waals surface area contributed by atoms with E-state index in [9.17, 15) is 18.0 Å². The minimum atomic E-state index is -4.33. The van der Waals surface area contributed by atoms with Crippen molar-refractivity contribution in [2.45, 2.75) is 96.5 Å². The number of fused-ring (bicyclic) bond motifs is 1. The second kappa shape index (κ2) is 15.7. The number of guanidine groups is 1. The zero-order valence-corrected chi connectivity index (χ0v) is 29.7. The average molecular weight is 693 g/mol. The van der Waals surface area contributed by atoms with E-state index in [4.69, 9.17) is 26.7 Å². The number of nitrogens with two attached hydrogens (primary N) is 3. The zero-order valence-electron chi connectivity index (χ0n) is 28.9. The molecule has 0 aliphatic carbocycles. The van der Waals surface area contributed by atoms with Gasteiger partial charge in [0.15, 0.2) is 0 Å². The van der Waals surface area contributed by atoms with Crippen molar-refractivity contribution in [1.29, 1.82) is 0 Å². The molecule has 3 aromatic rings. The lowest BCUT2D eigenvalue weighted by atomic mass is 9.88. The summed E-state index contributed by atoms with van der Waals surface area (Å²) >= 11 is 0. The second-order valence-corrected chi connectivity index (χ2v) is 14.5. The Hall–Kier alpha value is -4.62. The van der Waals surface area contributed by atoms with Gasteiger partial charge in [0.25, 0.3) is 10.0 Å². The Morgan fingerprint density at radius 3 is 2.27 bits per heavy atom. The first-order chi connectivity index (χ1) is 23.1. The Morgan fingerprint density at radius 1 is 0.980 bits per heavy atom. The Balaban J connectivity index is 1.57. The number of ether oxygens (including phenoxy) is 2. The van der Waals surface area contributed by atoms with E-state index in [0.717, 1.165) is 28.7 Å². The number of hydrogen-bond acceptors (Lipinski definition) is 7. The average Bonchev–Trinajstić information content (AvgIpc) is 3.05. The van der Waals surface area contributed by atoms with Gasteiger partial charge in [-0.2, -0.15) is 8.42 Å². The van der Waals surface area contributed by atoms with Crippen LogP contribution in [0.4, 0.5) is 4.79 Å². The van der Waals surface area contributed by atoms with Crippen molar-refractivity contribution in [2.75, 3.05) is 6.54 Å². The number of nitrogens with one attached hydrogen (secondary N) is 1. The van der Waals surface area contributed by atoms with Crippen LogP contribution < -0.4 is 27.3 Å². The molecule has 264 valence electrons. The lowest BCUT2D eigenvalue weighted by Crippen LogP contribution is -2.50. The minimum Gasteiger partial charge on any atom is -0.487 e. The van der Waals surface area contributed by atoms with Crippen molar-refractivity contribution in [3.63, 3.8) is 0 Å². The number of sulfonamides is 1. The van der Waals surface area contributed by atoms with E-state index in [0.29, 0.717) is 41.8 Å². The molecule has 0 fully saturated rings. The quantitative estimate of drug-likeness (QED) is 0.150.